The first-order chi connectivity index (χ1) is 16.5. The zero-order valence-corrected chi connectivity index (χ0v) is 21.8. The van der Waals surface area contributed by atoms with E-state index in [9.17, 15) is 9.59 Å². The van der Waals surface area contributed by atoms with E-state index in [1.807, 2.05) is 90.9 Å². The molecule has 0 spiro atoms. The van der Waals surface area contributed by atoms with Crippen molar-refractivity contribution < 1.29 is 9.53 Å². The molecule has 7 heteroatoms. The maximum absolute atomic E-state index is 12.3. The number of nitrogens with zero attached hydrogens (tertiary/aromatic N) is 2. The summed E-state index contributed by atoms with van der Waals surface area (Å²) in [5.41, 5.74) is 0.210. The predicted molar refractivity (Wildman–Crippen MR) is 142 cm³/mol. The van der Waals surface area contributed by atoms with Crippen molar-refractivity contribution in [3.8, 4) is 0 Å². The Morgan fingerprint density at radius 2 is 1.59 bits per heavy atom. The smallest absolute Gasteiger partial charge is 0.351 e. The third-order valence-corrected chi connectivity index (χ3v) is 5.14. The Bertz CT molecular complexity index is 1070. The van der Waals surface area contributed by atoms with E-state index in [1.165, 1.54) is 4.57 Å². The molecule has 3 unspecified atom stereocenters. The fraction of sp³-hybridized carbons (Fsp3) is 0.444. The molecule has 0 aliphatic carbocycles. The molecule has 1 fully saturated rings. The first-order valence-corrected chi connectivity index (χ1v) is 12.3. The SMILES string of the molecule is CC.CC.CC.CC1CC(n2ccc(NC(=O)Nc3ccc4ccccc4c3)nc2=O)OC1C. The highest BCUT2D eigenvalue weighted by Crippen LogP contribution is 2.31. The number of hydrogen-bond acceptors (Lipinski definition) is 4. The van der Waals surface area contributed by atoms with E-state index in [2.05, 4.69) is 22.5 Å². The van der Waals surface area contributed by atoms with Crippen LogP contribution in [0.5, 0.6) is 0 Å². The summed E-state index contributed by atoms with van der Waals surface area (Å²) < 4.78 is 7.26. The molecule has 1 saturated heterocycles. The van der Waals surface area contributed by atoms with Gasteiger partial charge in [-0.15, -0.1) is 0 Å². The third-order valence-electron chi connectivity index (χ3n) is 5.14. The number of anilines is 2. The van der Waals surface area contributed by atoms with Crippen molar-refractivity contribution >= 4 is 28.3 Å². The maximum Gasteiger partial charge on any atom is 0.351 e. The summed E-state index contributed by atoms with van der Waals surface area (Å²) in [5, 5.41) is 7.48. The highest BCUT2D eigenvalue weighted by Gasteiger charge is 2.30. The van der Waals surface area contributed by atoms with Crippen LogP contribution in [0.25, 0.3) is 10.8 Å². The Morgan fingerprint density at radius 1 is 0.941 bits per heavy atom. The first-order valence-electron chi connectivity index (χ1n) is 12.3. The molecule has 34 heavy (non-hydrogen) atoms. The van der Waals surface area contributed by atoms with Gasteiger partial charge in [0.25, 0.3) is 0 Å². The minimum Gasteiger partial charge on any atom is -0.355 e. The number of benzene rings is 2. The molecule has 2 heterocycles. The molecule has 2 amide bonds. The van der Waals surface area contributed by atoms with Gasteiger partial charge in [-0.05, 0) is 48.2 Å². The Labute approximate surface area is 203 Å². The first kappa shape index (κ1) is 28.8. The Balaban J connectivity index is 0.000000894. The predicted octanol–water partition coefficient (Wildman–Crippen LogP) is 7.06. The zero-order valence-electron chi connectivity index (χ0n) is 21.8. The van der Waals surface area contributed by atoms with E-state index < -0.39 is 11.7 Å². The second-order valence-electron chi connectivity index (χ2n) is 7.15. The van der Waals surface area contributed by atoms with Gasteiger partial charge in [0.15, 0.2) is 0 Å². The highest BCUT2D eigenvalue weighted by molar-refractivity contribution is 6.00. The standard InChI is InChI=1S/C21H22N4O3.3C2H6/c1-13-11-19(28-14(13)2)25-10-9-18(24-21(25)27)23-20(26)22-17-8-7-15-5-3-4-6-16(15)12-17;3*1-2/h3-10,12-14,19H,11H2,1-2H3,(H2,22,23,24,26,27);3*1-2H3. The van der Waals surface area contributed by atoms with Crippen molar-refractivity contribution in [1.82, 2.24) is 9.55 Å². The van der Waals surface area contributed by atoms with Gasteiger partial charge in [-0.25, -0.2) is 9.59 Å². The molecule has 0 radical (unpaired) electrons. The van der Waals surface area contributed by atoms with Crippen molar-refractivity contribution in [2.24, 2.45) is 5.92 Å². The largest absolute Gasteiger partial charge is 0.355 e. The van der Waals surface area contributed by atoms with Gasteiger partial charge in [0.05, 0.1) is 6.10 Å². The molecule has 1 aliphatic rings. The number of aromatic nitrogens is 2. The molecule has 186 valence electrons. The topological polar surface area (TPSA) is 85.3 Å². The van der Waals surface area contributed by atoms with Gasteiger partial charge in [0.1, 0.15) is 12.0 Å². The molecular formula is C27H40N4O3. The summed E-state index contributed by atoms with van der Waals surface area (Å²) in [6, 6.07) is 14.7. The van der Waals surface area contributed by atoms with E-state index in [-0.39, 0.29) is 18.1 Å². The second-order valence-corrected chi connectivity index (χ2v) is 7.15. The van der Waals surface area contributed by atoms with E-state index in [0.717, 1.165) is 17.2 Å². The summed E-state index contributed by atoms with van der Waals surface area (Å²) in [6.45, 7) is 16.1. The third kappa shape index (κ3) is 7.70. The minimum absolute atomic E-state index is 0.0995. The average molecular weight is 469 g/mol. The lowest BCUT2D eigenvalue weighted by Crippen LogP contribution is -2.29. The summed E-state index contributed by atoms with van der Waals surface area (Å²) in [5.74, 6) is 0.570. The molecule has 4 rings (SSSR count). The lowest BCUT2D eigenvalue weighted by molar-refractivity contribution is 0.00319. The van der Waals surface area contributed by atoms with Gasteiger partial charge in [-0.1, -0.05) is 78.8 Å². The second kappa shape index (κ2) is 14.9. The number of carbonyl (C=O) groups excluding carboxylic acids is 1. The van der Waals surface area contributed by atoms with Gasteiger partial charge < -0.3 is 10.1 Å². The monoisotopic (exact) mass is 468 g/mol. The van der Waals surface area contributed by atoms with E-state index in [0.29, 0.717) is 11.6 Å². The van der Waals surface area contributed by atoms with Gasteiger partial charge in [-0.2, -0.15) is 4.98 Å². The fourth-order valence-corrected chi connectivity index (χ4v) is 3.37. The molecule has 3 aromatic rings. The Kier molecular flexibility index (Phi) is 12.6. The number of fused-ring (bicyclic) bond motifs is 1. The van der Waals surface area contributed by atoms with Crippen molar-refractivity contribution in [2.45, 2.75) is 74.1 Å². The normalized spacial score (nSPS) is 18.3. The number of nitrogens with one attached hydrogen (secondary N) is 2. The van der Waals surface area contributed by atoms with Crippen LogP contribution in [0.3, 0.4) is 0 Å². The van der Waals surface area contributed by atoms with Crippen LogP contribution < -0.4 is 16.3 Å². The van der Waals surface area contributed by atoms with Crippen LogP contribution in [-0.4, -0.2) is 21.7 Å². The number of rotatable bonds is 3. The lowest BCUT2D eigenvalue weighted by Gasteiger charge is -2.14. The minimum atomic E-state index is -0.459. The van der Waals surface area contributed by atoms with E-state index in [4.69, 9.17) is 4.74 Å². The average Bonchev–Trinajstić information content (AvgIpc) is 3.20. The Hall–Kier alpha value is -3.19. The van der Waals surface area contributed by atoms with Crippen molar-refractivity contribution in [3.63, 3.8) is 0 Å². The van der Waals surface area contributed by atoms with Gasteiger partial charge in [0.2, 0.25) is 0 Å². The van der Waals surface area contributed by atoms with Crippen molar-refractivity contribution in [1.29, 1.82) is 0 Å². The molecule has 7 nitrogen and oxygen atoms in total. The molecule has 1 aliphatic heterocycles. The van der Waals surface area contributed by atoms with Crippen LogP contribution in [0.4, 0.5) is 16.3 Å². The number of carbonyl (C=O) groups is 1. The van der Waals surface area contributed by atoms with Crippen LogP contribution in [0, 0.1) is 5.92 Å². The molecule has 2 aromatic carbocycles. The van der Waals surface area contributed by atoms with E-state index in [1.54, 1.807) is 12.3 Å². The lowest BCUT2D eigenvalue weighted by atomic mass is 10.1. The van der Waals surface area contributed by atoms with Crippen molar-refractivity contribution in [2.75, 3.05) is 10.6 Å². The van der Waals surface area contributed by atoms with Crippen LogP contribution >= 0.6 is 0 Å². The molecular weight excluding hydrogens is 428 g/mol. The van der Waals surface area contributed by atoms with Crippen LogP contribution in [0.15, 0.2) is 59.5 Å². The maximum atomic E-state index is 12.3. The quantitative estimate of drug-likeness (QED) is 0.431. The molecule has 2 N–H and O–H groups in total. The van der Waals surface area contributed by atoms with Crippen LogP contribution in [0.2, 0.25) is 0 Å². The van der Waals surface area contributed by atoms with Crippen LogP contribution in [-0.2, 0) is 4.74 Å². The van der Waals surface area contributed by atoms with Crippen LogP contribution in [0.1, 0.15) is 68.0 Å². The number of ether oxygens (including phenoxy) is 1. The summed E-state index contributed by atoms with van der Waals surface area (Å²) >= 11 is 0. The molecule has 0 bridgehead atoms. The number of amides is 2. The van der Waals surface area contributed by atoms with Gasteiger partial charge in [-0.3, -0.25) is 9.88 Å². The number of urea groups is 1. The summed E-state index contributed by atoms with van der Waals surface area (Å²) in [7, 11) is 0. The van der Waals surface area contributed by atoms with Gasteiger partial charge >= 0.3 is 11.7 Å². The van der Waals surface area contributed by atoms with Crippen molar-refractivity contribution in [3.05, 3.63) is 65.2 Å². The zero-order chi connectivity index (χ0) is 25.7. The summed E-state index contributed by atoms with van der Waals surface area (Å²) in [6.07, 6.45) is 2.15. The highest BCUT2D eigenvalue weighted by atomic mass is 16.5. The van der Waals surface area contributed by atoms with E-state index >= 15 is 0 Å². The fourth-order valence-electron chi connectivity index (χ4n) is 3.37. The Morgan fingerprint density at radius 3 is 2.18 bits per heavy atom. The molecule has 3 atom stereocenters. The number of hydrogen-bond donors (Lipinski definition) is 2. The summed E-state index contributed by atoms with van der Waals surface area (Å²) in [4.78, 5) is 28.5. The van der Waals surface area contributed by atoms with Gasteiger partial charge in [0, 0.05) is 11.9 Å². The molecule has 1 aromatic heterocycles. The molecule has 0 saturated carbocycles.